The lowest BCUT2D eigenvalue weighted by Gasteiger charge is -2.30. The molecule has 5 nitrogen and oxygen atoms in total. The van der Waals surface area contributed by atoms with Crippen molar-refractivity contribution in [2.75, 3.05) is 13.1 Å². The third-order valence-electron chi connectivity index (χ3n) is 5.90. The Bertz CT molecular complexity index is 946. The van der Waals surface area contributed by atoms with Gasteiger partial charge in [0.2, 0.25) is 5.91 Å². The second-order valence-corrected chi connectivity index (χ2v) is 10.8. The van der Waals surface area contributed by atoms with Crippen LogP contribution in [-0.4, -0.2) is 31.7 Å². The first-order valence-electron chi connectivity index (χ1n) is 9.91. The van der Waals surface area contributed by atoms with Gasteiger partial charge < -0.3 is 5.32 Å². The maximum Gasteiger partial charge on any atom is 0.252 e. The Morgan fingerprint density at radius 2 is 1.93 bits per heavy atom. The lowest BCUT2D eigenvalue weighted by atomic mass is 9.96. The highest BCUT2D eigenvalue weighted by atomic mass is 32.2. The fraction of sp³-hybridized carbons (Fsp3) is 0.476. The summed E-state index contributed by atoms with van der Waals surface area (Å²) in [6.45, 7) is 2.81. The van der Waals surface area contributed by atoms with Gasteiger partial charge in [-0.25, -0.2) is 8.42 Å². The first kappa shape index (κ1) is 19.6. The van der Waals surface area contributed by atoms with E-state index in [2.05, 4.69) is 23.5 Å². The maximum absolute atomic E-state index is 12.7. The molecule has 1 N–H and O–H groups in total. The molecule has 1 aliphatic carbocycles. The van der Waals surface area contributed by atoms with E-state index in [4.69, 9.17) is 0 Å². The van der Waals surface area contributed by atoms with Crippen molar-refractivity contribution in [3.8, 4) is 0 Å². The molecule has 1 fully saturated rings. The number of sulfonamides is 1. The number of nitrogens with zero attached hydrogens (tertiary/aromatic N) is 1. The zero-order chi connectivity index (χ0) is 19.7. The number of thiophene rings is 1. The fourth-order valence-electron chi connectivity index (χ4n) is 4.17. The molecular weight excluding hydrogens is 392 g/mol. The van der Waals surface area contributed by atoms with E-state index in [9.17, 15) is 13.2 Å². The van der Waals surface area contributed by atoms with Crippen molar-refractivity contribution in [1.82, 2.24) is 9.62 Å². The molecule has 1 aromatic carbocycles. The van der Waals surface area contributed by atoms with Gasteiger partial charge in [0.15, 0.2) is 0 Å². The van der Waals surface area contributed by atoms with E-state index in [1.807, 2.05) is 6.92 Å². The minimum absolute atomic E-state index is 0.0289. The number of fused-ring (bicyclic) bond motifs is 1. The molecule has 0 radical (unpaired) electrons. The van der Waals surface area contributed by atoms with E-state index < -0.39 is 10.0 Å². The molecule has 0 spiro atoms. The average molecular weight is 419 g/mol. The fourth-order valence-corrected chi connectivity index (χ4v) is 6.79. The van der Waals surface area contributed by atoms with Gasteiger partial charge in [-0.2, -0.15) is 4.31 Å². The van der Waals surface area contributed by atoms with Crippen molar-refractivity contribution in [1.29, 1.82) is 0 Å². The number of carbonyl (C=O) groups excluding carboxylic acids is 1. The third-order valence-corrected chi connectivity index (χ3v) is 9.17. The van der Waals surface area contributed by atoms with Crippen molar-refractivity contribution in [3.63, 3.8) is 0 Å². The number of hydrogen-bond donors (Lipinski definition) is 1. The Morgan fingerprint density at radius 1 is 1.18 bits per heavy atom. The number of aryl methyl sites for hydroxylation is 2. The van der Waals surface area contributed by atoms with E-state index in [1.54, 1.807) is 17.5 Å². The molecule has 0 unspecified atom stereocenters. The smallest absolute Gasteiger partial charge is 0.252 e. The zero-order valence-electron chi connectivity index (χ0n) is 16.1. The maximum atomic E-state index is 12.7. The van der Waals surface area contributed by atoms with Gasteiger partial charge in [-0.05, 0) is 67.2 Å². The summed E-state index contributed by atoms with van der Waals surface area (Å²) in [7, 11) is -3.42. The normalized spacial score (nSPS) is 19.3. The largest absolute Gasteiger partial charge is 0.349 e. The Labute approximate surface area is 170 Å². The van der Waals surface area contributed by atoms with Crippen LogP contribution in [0.4, 0.5) is 0 Å². The van der Waals surface area contributed by atoms with Gasteiger partial charge in [0.05, 0.1) is 6.04 Å². The van der Waals surface area contributed by atoms with Crippen molar-refractivity contribution >= 4 is 27.3 Å². The van der Waals surface area contributed by atoms with Gasteiger partial charge >= 0.3 is 0 Å². The molecule has 0 bridgehead atoms. The molecule has 1 amide bonds. The molecule has 150 valence electrons. The standard InChI is InChI=1S/C21H26N2O3S2/c1-15(18-8-7-16-4-2-5-19(16)14-18)22-21(24)17-9-11-23(12-10-17)28(25,26)20-6-3-13-27-20/h3,6-8,13-15,17H,2,4-5,9-12H2,1H3,(H,22,24)/t15-/m1/s1. The van der Waals surface area contributed by atoms with E-state index in [-0.39, 0.29) is 17.9 Å². The summed E-state index contributed by atoms with van der Waals surface area (Å²) in [6.07, 6.45) is 4.62. The van der Waals surface area contributed by atoms with Crippen LogP contribution in [0.2, 0.25) is 0 Å². The van der Waals surface area contributed by atoms with Gasteiger partial charge in [0, 0.05) is 19.0 Å². The lowest BCUT2D eigenvalue weighted by molar-refractivity contribution is -0.126. The minimum atomic E-state index is -3.42. The van der Waals surface area contributed by atoms with E-state index in [0.29, 0.717) is 30.1 Å². The van der Waals surface area contributed by atoms with Gasteiger partial charge in [0.1, 0.15) is 4.21 Å². The third kappa shape index (κ3) is 3.88. The topological polar surface area (TPSA) is 66.5 Å². The van der Waals surface area contributed by atoms with Crippen LogP contribution in [0.1, 0.15) is 48.9 Å². The molecule has 7 heteroatoms. The lowest BCUT2D eigenvalue weighted by Crippen LogP contribution is -2.43. The SMILES string of the molecule is C[C@@H](NC(=O)C1CCN(S(=O)(=O)c2cccs2)CC1)c1ccc2c(c1)CCC2. The Balaban J connectivity index is 1.34. The van der Waals surface area contributed by atoms with Crippen molar-refractivity contribution in [3.05, 3.63) is 52.4 Å². The number of carbonyl (C=O) groups is 1. The summed E-state index contributed by atoms with van der Waals surface area (Å²) >= 11 is 1.24. The number of amides is 1. The van der Waals surface area contributed by atoms with Crippen molar-refractivity contribution < 1.29 is 13.2 Å². The molecule has 28 heavy (non-hydrogen) atoms. The molecule has 2 aromatic rings. The highest BCUT2D eigenvalue weighted by Crippen LogP contribution is 2.28. The van der Waals surface area contributed by atoms with Crippen LogP contribution < -0.4 is 5.32 Å². The molecule has 1 aliphatic heterocycles. The Hall–Kier alpha value is -1.70. The first-order valence-corrected chi connectivity index (χ1v) is 12.2. The predicted molar refractivity (Wildman–Crippen MR) is 111 cm³/mol. The summed E-state index contributed by atoms with van der Waals surface area (Å²) in [5.41, 5.74) is 3.99. The van der Waals surface area contributed by atoms with Crippen LogP contribution in [-0.2, 0) is 27.7 Å². The average Bonchev–Trinajstić information content (AvgIpc) is 3.39. The molecule has 1 atom stereocenters. The molecule has 1 saturated heterocycles. The highest BCUT2D eigenvalue weighted by Gasteiger charge is 2.33. The van der Waals surface area contributed by atoms with Gasteiger partial charge in [-0.3, -0.25) is 4.79 Å². The van der Waals surface area contributed by atoms with E-state index in [1.165, 1.54) is 33.2 Å². The quantitative estimate of drug-likeness (QED) is 0.808. The predicted octanol–water partition coefficient (Wildman–Crippen LogP) is 3.51. The van der Waals surface area contributed by atoms with Crippen LogP contribution in [0.3, 0.4) is 0 Å². The summed E-state index contributed by atoms with van der Waals surface area (Å²) in [4.78, 5) is 12.7. The monoisotopic (exact) mass is 418 g/mol. The summed E-state index contributed by atoms with van der Waals surface area (Å²) in [5, 5.41) is 4.90. The summed E-state index contributed by atoms with van der Waals surface area (Å²) in [6, 6.07) is 9.88. The molecular formula is C21H26N2O3S2. The number of benzene rings is 1. The Morgan fingerprint density at radius 3 is 2.64 bits per heavy atom. The zero-order valence-corrected chi connectivity index (χ0v) is 17.7. The first-order chi connectivity index (χ1) is 13.4. The second-order valence-electron chi connectivity index (χ2n) is 7.72. The van der Waals surface area contributed by atoms with Gasteiger partial charge in [-0.15, -0.1) is 11.3 Å². The summed E-state index contributed by atoms with van der Waals surface area (Å²) < 4.78 is 27.1. The van der Waals surface area contributed by atoms with Crippen molar-refractivity contribution in [2.45, 2.75) is 49.3 Å². The van der Waals surface area contributed by atoms with Gasteiger partial charge in [0.25, 0.3) is 10.0 Å². The van der Waals surface area contributed by atoms with E-state index >= 15 is 0 Å². The number of piperidine rings is 1. The minimum Gasteiger partial charge on any atom is -0.349 e. The van der Waals surface area contributed by atoms with Crippen LogP contribution >= 0.6 is 11.3 Å². The van der Waals surface area contributed by atoms with Crippen molar-refractivity contribution in [2.24, 2.45) is 5.92 Å². The summed E-state index contributed by atoms with van der Waals surface area (Å²) in [5.74, 6) is -0.104. The number of hydrogen-bond acceptors (Lipinski definition) is 4. The van der Waals surface area contributed by atoms with Gasteiger partial charge in [-0.1, -0.05) is 24.3 Å². The second kappa shape index (κ2) is 7.97. The van der Waals surface area contributed by atoms with Crippen LogP contribution in [0.15, 0.2) is 39.9 Å². The highest BCUT2D eigenvalue weighted by molar-refractivity contribution is 7.91. The molecule has 2 aliphatic rings. The Kier molecular flexibility index (Phi) is 5.58. The van der Waals surface area contributed by atoms with Crippen LogP contribution in [0.5, 0.6) is 0 Å². The molecule has 1 aromatic heterocycles. The van der Waals surface area contributed by atoms with Crippen LogP contribution in [0, 0.1) is 5.92 Å². The number of nitrogens with one attached hydrogen (secondary N) is 1. The number of rotatable bonds is 5. The molecule has 0 saturated carbocycles. The van der Waals surface area contributed by atoms with E-state index in [0.717, 1.165) is 18.4 Å². The molecule has 4 rings (SSSR count). The molecule has 2 heterocycles. The van der Waals surface area contributed by atoms with Crippen LogP contribution in [0.25, 0.3) is 0 Å².